The van der Waals surface area contributed by atoms with Crippen LogP contribution in [-0.4, -0.2) is 57.8 Å². The third kappa shape index (κ3) is 4.12. The maximum Gasteiger partial charge on any atom is 0.104 e. The van der Waals surface area contributed by atoms with Crippen LogP contribution in [-0.2, 0) is 25.6 Å². The maximum atomic E-state index is 5.72. The lowest BCUT2D eigenvalue weighted by Crippen LogP contribution is -2.31. The molecule has 0 N–H and O–H groups in total. The van der Waals surface area contributed by atoms with Gasteiger partial charge in [-0.1, -0.05) is 18.2 Å². The van der Waals surface area contributed by atoms with Crippen LogP contribution in [0.3, 0.4) is 0 Å². The highest BCUT2D eigenvalue weighted by atomic mass is 16.6. The molecule has 25 heavy (non-hydrogen) atoms. The molecule has 5 heteroatoms. The van der Waals surface area contributed by atoms with Gasteiger partial charge >= 0.3 is 0 Å². The van der Waals surface area contributed by atoms with E-state index in [9.17, 15) is 0 Å². The standard InChI is InChI=1S/C20H23NO4/c1-2-15-3-4-17(21(7-18-11-23-18)8-19-12-24-19)6-16(15)5-14(1)9-22-10-20-13-25-20/h1-6,18-20H,7-13H2. The second-order valence-electron chi connectivity index (χ2n) is 7.15. The van der Waals surface area contributed by atoms with Crippen molar-refractivity contribution in [1.29, 1.82) is 0 Å². The summed E-state index contributed by atoms with van der Waals surface area (Å²) in [4.78, 5) is 2.39. The fraction of sp³-hybridized carbons (Fsp3) is 0.500. The smallest absolute Gasteiger partial charge is 0.104 e. The molecule has 3 heterocycles. The number of ether oxygens (including phenoxy) is 4. The Balaban J connectivity index is 1.33. The van der Waals surface area contributed by atoms with E-state index in [-0.39, 0.29) is 0 Å². The number of nitrogens with zero attached hydrogens (tertiary/aromatic N) is 1. The minimum atomic E-state index is 0.315. The Kier molecular flexibility index (Phi) is 4.10. The molecule has 2 aromatic carbocycles. The molecule has 5 nitrogen and oxygen atoms in total. The zero-order valence-electron chi connectivity index (χ0n) is 14.2. The van der Waals surface area contributed by atoms with E-state index in [1.807, 2.05) is 0 Å². The van der Waals surface area contributed by atoms with Crippen LogP contribution in [0, 0.1) is 0 Å². The summed E-state index contributed by atoms with van der Waals surface area (Å²) in [7, 11) is 0. The predicted octanol–water partition coefficient (Wildman–Crippen LogP) is 2.36. The summed E-state index contributed by atoms with van der Waals surface area (Å²) in [5, 5.41) is 2.50. The molecule has 0 bridgehead atoms. The van der Waals surface area contributed by atoms with E-state index >= 15 is 0 Å². The molecule has 5 rings (SSSR count). The molecular formula is C20H23NO4. The van der Waals surface area contributed by atoms with Crippen molar-refractivity contribution in [3.05, 3.63) is 42.0 Å². The first-order valence-corrected chi connectivity index (χ1v) is 9.04. The van der Waals surface area contributed by atoms with Crippen molar-refractivity contribution < 1.29 is 18.9 Å². The number of anilines is 1. The Morgan fingerprint density at radius 1 is 0.840 bits per heavy atom. The van der Waals surface area contributed by atoms with Gasteiger partial charge in [0.05, 0.1) is 45.2 Å². The van der Waals surface area contributed by atoms with Crippen LogP contribution in [0.2, 0.25) is 0 Å². The van der Waals surface area contributed by atoms with Crippen LogP contribution < -0.4 is 4.90 Å². The summed E-state index contributed by atoms with van der Waals surface area (Å²) >= 11 is 0. The van der Waals surface area contributed by atoms with Crippen LogP contribution in [0.5, 0.6) is 0 Å². The molecule has 0 aromatic heterocycles. The minimum absolute atomic E-state index is 0.315. The number of hydrogen-bond acceptors (Lipinski definition) is 5. The van der Waals surface area contributed by atoms with Crippen LogP contribution >= 0.6 is 0 Å². The molecular weight excluding hydrogens is 318 g/mol. The second-order valence-corrected chi connectivity index (χ2v) is 7.15. The normalized spacial score (nSPS) is 26.6. The average molecular weight is 341 g/mol. The van der Waals surface area contributed by atoms with Gasteiger partial charge in [-0.2, -0.15) is 0 Å². The fourth-order valence-electron chi connectivity index (χ4n) is 3.17. The zero-order chi connectivity index (χ0) is 16.6. The molecule has 3 saturated heterocycles. The second kappa shape index (κ2) is 6.57. The first kappa shape index (κ1) is 15.6. The minimum Gasteiger partial charge on any atom is -0.374 e. The van der Waals surface area contributed by atoms with Crippen LogP contribution in [0.1, 0.15) is 5.56 Å². The van der Waals surface area contributed by atoms with E-state index < -0.39 is 0 Å². The van der Waals surface area contributed by atoms with E-state index in [1.54, 1.807) is 0 Å². The van der Waals surface area contributed by atoms with Crippen molar-refractivity contribution in [2.75, 3.05) is 44.4 Å². The highest BCUT2D eigenvalue weighted by Gasteiger charge is 2.31. The van der Waals surface area contributed by atoms with Crippen molar-refractivity contribution in [3.8, 4) is 0 Å². The molecule has 0 amide bonds. The van der Waals surface area contributed by atoms with Gasteiger partial charge in [0.1, 0.15) is 6.10 Å². The van der Waals surface area contributed by atoms with Gasteiger partial charge in [0.2, 0.25) is 0 Å². The van der Waals surface area contributed by atoms with Crippen molar-refractivity contribution >= 4 is 16.5 Å². The molecule has 2 aromatic rings. The predicted molar refractivity (Wildman–Crippen MR) is 95.0 cm³/mol. The summed E-state index contributed by atoms with van der Waals surface area (Å²) in [6.07, 6.45) is 1.06. The third-order valence-corrected chi connectivity index (χ3v) is 4.88. The van der Waals surface area contributed by atoms with Crippen molar-refractivity contribution in [1.82, 2.24) is 0 Å². The zero-order valence-corrected chi connectivity index (χ0v) is 14.2. The van der Waals surface area contributed by atoms with Gasteiger partial charge in [-0.05, 0) is 34.5 Å². The fourth-order valence-corrected chi connectivity index (χ4v) is 3.17. The number of rotatable bonds is 9. The van der Waals surface area contributed by atoms with Gasteiger partial charge in [-0.3, -0.25) is 0 Å². The molecule has 3 unspecified atom stereocenters. The Hall–Kier alpha value is -1.66. The lowest BCUT2D eigenvalue weighted by atomic mass is 10.1. The molecule has 0 saturated carbocycles. The topological polar surface area (TPSA) is 50.1 Å². The monoisotopic (exact) mass is 341 g/mol. The lowest BCUT2D eigenvalue weighted by molar-refractivity contribution is 0.104. The maximum absolute atomic E-state index is 5.72. The number of benzene rings is 2. The van der Waals surface area contributed by atoms with E-state index in [2.05, 4.69) is 41.3 Å². The molecule has 0 spiro atoms. The molecule has 0 radical (unpaired) electrons. The number of epoxide rings is 3. The van der Waals surface area contributed by atoms with Gasteiger partial charge in [-0.25, -0.2) is 0 Å². The van der Waals surface area contributed by atoms with E-state index in [4.69, 9.17) is 18.9 Å². The molecule has 3 aliphatic heterocycles. The van der Waals surface area contributed by atoms with Gasteiger partial charge in [0, 0.05) is 18.8 Å². The van der Waals surface area contributed by atoms with Gasteiger partial charge in [-0.15, -0.1) is 0 Å². The quantitative estimate of drug-likeness (QED) is 0.656. The first-order chi connectivity index (χ1) is 12.3. The molecule has 0 aliphatic carbocycles. The van der Waals surface area contributed by atoms with Crippen LogP contribution in [0.25, 0.3) is 10.8 Å². The van der Waals surface area contributed by atoms with Crippen molar-refractivity contribution in [2.45, 2.75) is 24.9 Å². The van der Waals surface area contributed by atoms with Crippen LogP contribution in [0.15, 0.2) is 36.4 Å². The largest absolute Gasteiger partial charge is 0.374 e. The van der Waals surface area contributed by atoms with Crippen molar-refractivity contribution in [3.63, 3.8) is 0 Å². The number of fused-ring (bicyclic) bond motifs is 1. The Morgan fingerprint density at radius 3 is 2.20 bits per heavy atom. The summed E-state index contributed by atoms with van der Waals surface area (Å²) in [5.74, 6) is 0. The first-order valence-electron chi connectivity index (χ1n) is 9.04. The highest BCUT2D eigenvalue weighted by molar-refractivity contribution is 5.86. The lowest BCUT2D eigenvalue weighted by Gasteiger charge is -2.23. The average Bonchev–Trinajstić information content (AvgIpc) is 3.43. The molecule has 3 atom stereocenters. The summed E-state index contributed by atoms with van der Waals surface area (Å²) < 4.78 is 21.8. The Bertz CT molecular complexity index is 738. The number of hydrogen-bond donors (Lipinski definition) is 0. The van der Waals surface area contributed by atoms with Crippen molar-refractivity contribution in [2.24, 2.45) is 0 Å². The third-order valence-electron chi connectivity index (χ3n) is 4.88. The van der Waals surface area contributed by atoms with Gasteiger partial charge in [0.25, 0.3) is 0 Å². The highest BCUT2D eigenvalue weighted by Crippen LogP contribution is 2.27. The summed E-state index contributed by atoms with van der Waals surface area (Å²) in [6, 6.07) is 13.2. The Labute approximate surface area is 147 Å². The Morgan fingerprint density at radius 2 is 1.52 bits per heavy atom. The summed E-state index contributed by atoms with van der Waals surface area (Å²) in [5.41, 5.74) is 2.44. The van der Waals surface area contributed by atoms with Gasteiger partial charge in [0.15, 0.2) is 0 Å². The van der Waals surface area contributed by atoms with E-state index in [1.165, 1.54) is 22.0 Å². The molecule has 132 valence electrons. The molecule has 3 aliphatic rings. The molecule has 3 fully saturated rings. The van der Waals surface area contributed by atoms with E-state index in [0.29, 0.717) is 31.5 Å². The van der Waals surface area contributed by atoms with Gasteiger partial charge < -0.3 is 23.8 Å². The summed E-state index contributed by atoms with van der Waals surface area (Å²) in [6.45, 7) is 5.80. The SMILES string of the molecule is c1cc2ccc(N(CC3CO3)CC3CO3)cc2cc1COCC1CO1. The van der Waals surface area contributed by atoms with Crippen LogP contribution in [0.4, 0.5) is 5.69 Å². The van der Waals surface area contributed by atoms with E-state index in [0.717, 1.165) is 32.9 Å².